The normalized spacial score (nSPS) is 13.2. The molecule has 0 aromatic carbocycles. The Morgan fingerprint density at radius 2 is 2.20 bits per heavy atom. The van der Waals surface area contributed by atoms with E-state index in [4.69, 9.17) is 5.73 Å². The highest BCUT2D eigenvalue weighted by Crippen LogP contribution is 2.17. The Labute approximate surface area is 122 Å². The quantitative estimate of drug-likeness (QED) is 0.800. The molecule has 1 unspecified atom stereocenters. The summed E-state index contributed by atoms with van der Waals surface area (Å²) in [5, 5.41) is 6.67. The molecule has 0 aliphatic heterocycles. The molecule has 0 aliphatic rings. The minimum Gasteiger partial charge on any atom is -0.328 e. The standard InChI is InChI=1S/C14H19N5S/c1-9(15)6-13-10(2)17-19(11(13)3)8-12-7-18-4-5-20-14(18)16-12/h4-5,7,9H,6,8,15H2,1-3H3. The van der Waals surface area contributed by atoms with Crippen molar-refractivity contribution in [3.63, 3.8) is 0 Å². The Morgan fingerprint density at radius 3 is 2.90 bits per heavy atom. The summed E-state index contributed by atoms with van der Waals surface area (Å²) in [6.07, 6.45) is 4.96. The summed E-state index contributed by atoms with van der Waals surface area (Å²) >= 11 is 1.65. The summed E-state index contributed by atoms with van der Waals surface area (Å²) in [6, 6.07) is 0.156. The molecule has 3 aromatic rings. The van der Waals surface area contributed by atoms with E-state index in [1.807, 2.05) is 30.1 Å². The van der Waals surface area contributed by atoms with Crippen molar-refractivity contribution in [2.45, 2.75) is 39.8 Å². The van der Waals surface area contributed by atoms with Crippen LogP contribution in [0.1, 0.15) is 29.6 Å². The fourth-order valence-electron chi connectivity index (χ4n) is 2.51. The first-order valence-corrected chi connectivity index (χ1v) is 7.62. The Balaban J connectivity index is 1.89. The van der Waals surface area contributed by atoms with Gasteiger partial charge >= 0.3 is 0 Å². The van der Waals surface area contributed by atoms with Crippen LogP contribution in [0.3, 0.4) is 0 Å². The van der Waals surface area contributed by atoms with E-state index in [0.717, 1.165) is 22.8 Å². The first kappa shape index (κ1) is 13.3. The van der Waals surface area contributed by atoms with Crippen molar-refractivity contribution < 1.29 is 0 Å². The van der Waals surface area contributed by atoms with Crippen molar-refractivity contribution in [3.05, 3.63) is 40.4 Å². The number of nitrogens with two attached hydrogens (primary N) is 1. The highest BCUT2D eigenvalue weighted by atomic mass is 32.1. The van der Waals surface area contributed by atoms with Gasteiger partial charge in [-0.1, -0.05) is 0 Å². The van der Waals surface area contributed by atoms with E-state index in [0.29, 0.717) is 6.54 Å². The average molecular weight is 289 g/mol. The topological polar surface area (TPSA) is 61.1 Å². The van der Waals surface area contributed by atoms with Crippen molar-refractivity contribution >= 4 is 16.3 Å². The first-order valence-electron chi connectivity index (χ1n) is 6.74. The van der Waals surface area contributed by atoms with Gasteiger partial charge in [0.2, 0.25) is 0 Å². The lowest BCUT2D eigenvalue weighted by atomic mass is 10.1. The van der Waals surface area contributed by atoms with Gasteiger partial charge in [-0.2, -0.15) is 5.10 Å². The van der Waals surface area contributed by atoms with E-state index in [-0.39, 0.29) is 6.04 Å². The first-order chi connectivity index (χ1) is 9.54. The molecular weight excluding hydrogens is 270 g/mol. The number of rotatable bonds is 4. The molecule has 0 spiro atoms. The van der Waals surface area contributed by atoms with Gasteiger partial charge in [-0.05, 0) is 32.8 Å². The molecule has 0 amide bonds. The van der Waals surface area contributed by atoms with E-state index in [9.17, 15) is 0 Å². The van der Waals surface area contributed by atoms with Crippen LogP contribution >= 0.6 is 11.3 Å². The average Bonchev–Trinajstić information content (AvgIpc) is 2.99. The second-order valence-electron chi connectivity index (χ2n) is 5.31. The van der Waals surface area contributed by atoms with E-state index < -0.39 is 0 Å². The van der Waals surface area contributed by atoms with Gasteiger partial charge < -0.3 is 5.73 Å². The number of hydrogen-bond acceptors (Lipinski definition) is 4. The lowest BCUT2D eigenvalue weighted by Gasteiger charge is -2.06. The fourth-order valence-corrected chi connectivity index (χ4v) is 3.23. The largest absolute Gasteiger partial charge is 0.328 e. The molecule has 0 radical (unpaired) electrons. The molecule has 0 aliphatic carbocycles. The van der Waals surface area contributed by atoms with Crippen LogP contribution in [0.5, 0.6) is 0 Å². The van der Waals surface area contributed by atoms with E-state index in [2.05, 4.69) is 27.6 Å². The Bertz CT molecular complexity index is 705. The second kappa shape index (κ2) is 5.03. The molecule has 0 fully saturated rings. The molecule has 20 heavy (non-hydrogen) atoms. The van der Waals surface area contributed by atoms with Gasteiger partial charge in [0, 0.05) is 29.5 Å². The van der Waals surface area contributed by atoms with Gasteiger partial charge in [0.25, 0.3) is 0 Å². The summed E-state index contributed by atoms with van der Waals surface area (Å²) in [6.45, 7) is 6.89. The maximum Gasteiger partial charge on any atom is 0.193 e. The summed E-state index contributed by atoms with van der Waals surface area (Å²) in [7, 11) is 0. The highest BCUT2D eigenvalue weighted by Gasteiger charge is 2.14. The summed E-state index contributed by atoms with van der Waals surface area (Å²) < 4.78 is 4.08. The van der Waals surface area contributed by atoms with Crippen LogP contribution in [-0.2, 0) is 13.0 Å². The number of aryl methyl sites for hydroxylation is 1. The number of nitrogens with zero attached hydrogens (tertiary/aromatic N) is 4. The summed E-state index contributed by atoms with van der Waals surface area (Å²) in [5.41, 5.74) is 10.5. The molecular formula is C14H19N5S. The van der Waals surface area contributed by atoms with Crippen LogP contribution in [-0.4, -0.2) is 25.2 Å². The molecule has 2 N–H and O–H groups in total. The molecule has 0 saturated carbocycles. The van der Waals surface area contributed by atoms with E-state index in [1.54, 1.807) is 11.3 Å². The molecule has 0 saturated heterocycles. The van der Waals surface area contributed by atoms with Gasteiger partial charge in [0.15, 0.2) is 4.96 Å². The molecule has 3 heterocycles. The van der Waals surface area contributed by atoms with Crippen LogP contribution in [0.25, 0.3) is 4.96 Å². The van der Waals surface area contributed by atoms with Gasteiger partial charge in [0.05, 0.1) is 17.9 Å². The maximum absolute atomic E-state index is 5.91. The number of aromatic nitrogens is 4. The Morgan fingerprint density at radius 1 is 1.40 bits per heavy atom. The minimum absolute atomic E-state index is 0.156. The molecule has 1 atom stereocenters. The van der Waals surface area contributed by atoms with Crippen LogP contribution in [0.2, 0.25) is 0 Å². The lowest BCUT2D eigenvalue weighted by Crippen LogP contribution is -2.18. The van der Waals surface area contributed by atoms with Crippen LogP contribution in [0, 0.1) is 13.8 Å². The predicted octanol–water partition coefficient (Wildman–Crippen LogP) is 2.15. The zero-order valence-electron chi connectivity index (χ0n) is 12.0. The fraction of sp³-hybridized carbons (Fsp3) is 0.429. The van der Waals surface area contributed by atoms with Crippen molar-refractivity contribution in [1.82, 2.24) is 19.2 Å². The van der Waals surface area contributed by atoms with E-state index >= 15 is 0 Å². The smallest absolute Gasteiger partial charge is 0.193 e. The summed E-state index contributed by atoms with van der Waals surface area (Å²) in [5.74, 6) is 0. The zero-order chi connectivity index (χ0) is 14.3. The Kier molecular flexibility index (Phi) is 3.35. The molecule has 5 nitrogen and oxygen atoms in total. The third-order valence-corrected chi connectivity index (χ3v) is 4.28. The van der Waals surface area contributed by atoms with Gasteiger partial charge in [-0.25, -0.2) is 4.98 Å². The van der Waals surface area contributed by atoms with Crippen LogP contribution in [0.15, 0.2) is 17.8 Å². The van der Waals surface area contributed by atoms with Crippen molar-refractivity contribution in [2.24, 2.45) is 5.73 Å². The maximum atomic E-state index is 5.91. The van der Waals surface area contributed by atoms with Crippen LogP contribution < -0.4 is 5.73 Å². The minimum atomic E-state index is 0.156. The second-order valence-corrected chi connectivity index (χ2v) is 6.19. The van der Waals surface area contributed by atoms with Crippen LogP contribution in [0.4, 0.5) is 0 Å². The van der Waals surface area contributed by atoms with Gasteiger partial charge in [-0.15, -0.1) is 11.3 Å². The molecule has 3 aromatic heterocycles. The van der Waals surface area contributed by atoms with Crippen molar-refractivity contribution in [3.8, 4) is 0 Å². The molecule has 6 heteroatoms. The monoisotopic (exact) mass is 289 g/mol. The SMILES string of the molecule is Cc1nn(Cc2cn3ccsc3n2)c(C)c1CC(C)N. The number of fused-ring (bicyclic) bond motifs is 1. The van der Waals surface area contributed by atoms with Gasteiger partial charge in [0.1, 0.15) is 0 Å². The molecule has 106 valence electrons. The summed E-state index contributed by atoms with van der Waals surface area (Å²) in [4.78, 5) is 5.63. The highest BCUT2D eigenvalue weighted by molar-refractivity contribution is 7.15. The molecule has 3 rings (SSSR count). The van der Waals surface area contributed by atoms with E-state index in [1.165, 1.54) is 11.3 Å². The number of hydrogen-bond donors (Lipinski definition) is 1. The van der Waals surface area contributed by atoms with Crippen molar-refractivity contribution in [2.75, 3.05) is 0 Å². The lowest BCUT2D eigenvalue weighted by molar-refractivity contribution is 0.647. The molecule has 0 bridgehead atoms. The third kappa shape index (κ3) is 2.36. The zero-order valence-corrected chi connectivity index (χ0v) is 12.8. The van der Waals surface area contributed by atoms with Crippen molar-refractivity contribution in [1.29, 1.82) is 0 Å². The third-order valence-electron chi connectivity index (χ3n) is 3.51. The predicted molar refractivity (Wildman–Crippen MR) is 81.2 cm³/mol. The van der Waals surface area contributed by atoms with Gasteiger partial charge in [-0.3, -0.25) is 9.08 Å². The number of thiazole rings is 1. The Hall–Kier alpha value is -1.66. The number of imidazole rings is 1.